The van der Waals surface area contributed by atoms with Crippen molar-refractivity contribution in [3.8, 4) is 11.8 Å². The molecule has 0 radical (unpaired) electrons. The van der Waals surface area contributed by atoms with E-state index in [0.717, 1.165) is 36.8 Å². The quantitative estimate of drug-likeness (QED) is 0.190. The van der Waals surface area contributed by atoms with Crippen LogP contribution >= 0.6 is 0 Å². The number of unbranched alkanes of at least 4 members (excludes halogenated alkanes) is 3. The maximum atomic E-state index is 13.4. The van der Waals surface area contributed by atoms with E-state index in [1.807, 2.05) is 51.1 Å². The Hall–Kier alpha value is -3.57. The Labute approximate surface area is 239 Å². The van der Waals surface area contributed by atoms with Crippen LogP contribution in [0.4, 0.5) is 9.59 Å². The van der Waals surface area contributed by atoms with E-state index in [0.29, 0.717) is 6.42 Å². The molecule has 1 unspecified atom stereocenters. The predicted molar refractivity (Wildman–Crippen MR) is 157 cm³/mol. The van der Waals surface area contributed by atoms with Crippen LogP contribution in [-0.2, 0) is 19.0 Å². The molecule has 0 spiro atoms. The van der Waals surface area contributed by atoms with Crippen LogP contribution in [0.1, 0.15) is 70.4 Å². The number of amides is 2. The van der Waals surface area contributed by atoms with Gasteiger partial charge in [0, 0.05) is 18.0 Å². The summed E-state index contributed by atoms with van der Waals surface area (Å²) in [4.78, 5) is 39.9. The van der Waals surface area contributed by atoms with E-state index in [9.17, 15) is 14.4 Å². The second kappa shape index (κ2) is 16.5. The van der Waals surface area contributed by atoms with Gasteiger partial charge < -0.3 is 24.4 Å². The number of carbonyl (C=O) groups is 3. The lowest BCUT2D eigenvalue weighted by molar-refractivity contribution is -0.124. The Kier molecular flexibility index (Phi) is 13.5. The van der Waals surface area contributed by atoms with Crippen molar-refractivity contribution in [2.45, 2.75) is 77.5 Å². The maximum absolute atomic E-state index is 13.4. The van der Waals surface area contributed by atoms with E-state index in [2.05, 4.69) is 30.3 Å². The molecule has 1 aromatic rings. The van der Waals surface area contributed by atoms with Gasteiger partial charge in [-0.1, -0.05) is 69.5 Å². The number of hydrogen-bond donors (Lipinski definition) is 1. The number of allylic oxidation sites excluding steroid dienone is 1. The molecule has 40 heavy (non-hydrogen) atoms. The van der Waals surface area contributed by atoms with Crippen molar-refractivity contribution in [2.24, 2.45) is 5.41 Å². The van der Waals surface area contributed by atoms with Gasteiger partial charge in [-0.05, 0) is 49.1 Å². The van der Waals surface area contributed by atoms with E-state index >= 15 is 0 Å². The molecule has 1 aliphatic rings. The minimum absolute atomic E-state index is 0.0527. The van der Waals surface area contributed by atoms with Crippen molar-refractivity contribution < 1.29 is 28.6 Å². The van der Waals surface area contributed by atoms with Gasteiger partial charge in [-0.25, -0.2) is 9.59 Å². The van der Waals surface area contributed by atoms with Gasteiger partial charge in [0.05, 0.1) is 32.4 Å². The number of benzene rings is 1. The number of Topliss-reactive ketones (excluding diaryl/α,β-unsaturated/α-hetero) is 1. The third-order valence-corrected chi connectivity index (χ3v) is 6.75. The fourth-order valence-electron chi connectivity index (χ4n) is 4.63. The number of nitrogens with one attached hydrogen (secondary N) is 1. The average Bonchev–Trinajstić information content (AvgIpc) is 3.32. The van der Waals surface area contributed by atoms with Crippen LogP contribution in [0, 0.1) is 17.3 Å². The summed E-state index contributed by atoms with van der Waals surface area (Å²) in [5.74, 6) is 5.93. The molecule has 3 atom stereocenters. The van der Waals surface area contributed by atoms with Gasteiger partial charge in [0.2, 0.25) is 0 Å². The van der Waals surface area contributed by atoms with Crippen molar-refractivity contribution in [1.29, 1.82) is 0 Å². The molecule has 218 valence electrons. The highest BCUT2D eigenvalue weighted by Gasteiger charge is 2.41. The molecule has 2 amide bonds. The molecule has 1 fully saturated rings. The summed E-state index contributed by atoms with van der Waals surface area (Å²) in [6.45, 7) is 13.9. The Morgan fingerprint density at radius 1 is 1.18 bits per heavy atom. The maximum Gasteiger partial charge on any atom is 0.409 e. The average molecular weight is 553 g/mol. The van der Waals surface area contributed by atoms with Crippen LogP contribution < -0.4 is 5.32 Å². The van der Waals surface area contributed by atoms with Crippen LogP contribution in [0.5, 0.6) is 0 Å². The van der Waals surface area contributed by atoms with E-state index in [4.69, 9.17) is 14.2 Å². The summed E-state index contributed by atoms with van der Waals surface area (Å²) in [5.41, 5.74) is 1.25. The molecular formula is C32H44N2O6. The lowest BCUT2D eigenvalue weighted by Crippen LogP contribution is -2.51. The SMILES string of the molecule is C=CCCCCCOC(=O)N[C@H](C(=O)CC1C[C@@H](OCC#Cc2ccccc2C=C)CN1C(=O)OC)C(C)(C)C. The fourth-order valence-corrected chi connectivity index (χ4v) is 4.63. The number of hydrogen-bond acceptors (Lipinski definition) is 6. The Bertz CT molecular complexity index is 1080. The lowest BCUT2D eigenvalue weighted by atomic mass is 9.82. The molecular weight excluding hydrogens is 508 g/mol. The van der Waals surface area contributed by atoms with Gasteiger partial charge in [0.15, 0.2) is 5.78 Å². The lowest BCUT2D eigenvalue weighted by Gasteiger charge is -2.31. The molecule has 0 aromatic heterocycles. The standard InChI is InChI=1S/C32H44N2O6/c1-7-9-10-11-14-19-40-30(36)33-29(32(3,4)5)28(35)22-26-21-27(23-34(26)31(37)38-6)39-20-15-18-25-17-13-12-16-24(25)8-2/h7-8,12-13,16-17,26-27,29H,1-2,9-11,14,19-23H2,3-6H3,(H,33,36)/t26?,27-,29-/m1/s1. The third kappa shape index (κ3) is 10.5. The topological polar surface area (TPSA) is 94.2 Å². The number of likely N-dealkylation sites (tertiary alicyclic amines) is 1. The highest BCUT2D eigenvalue weighted by Crippen LogP contribution is 2.28. The van der Waals surface area contributed by atoms with Crippen LogP contribution in [0.3, 0.4) is 0 Å². The molecule has 1 aliphatic heterocycles. The summed E-state index contributed by atoms with van der Waals surface area (Å²) in [7, 11) is 1.31. The monoisotopic (exact) mass is 552 g/mol. The van der Waals surface area contributed by atoms with Gasteiger partial charge in [-0.15, -0.1) is 6.58 Å². The van der Waals surface area contributed by atoms with Crippen LogP contribution in [0.25, 0.3) is 6.08 Å². The largest absolute Gasteiger partial charge is 0.453 e. The summed E-state index contributed by atoms with van der Waals surface area (Å²) in [6, 6.07) is 6.49. The zero-order valence-corrected chi connectivity index (χ0v) is 24.4. The summed E-state index contributed by atoms with van der Waals surface area (Å²) in [5, 5.41) is 2.75. The number of ketones is 1. The van der Waals surface area contributed by atoms with Gasteiger partial charge >= 0.3 is 12.2 Å². The molecule has 0 bridgehead atoms. The van der Waals surface area contributed by atoms with E-state index in [1.54, 1.807) is 6.08 Å². The number of alkyl carbamates (subject to hydrolysis) is 1. The smallest absolute Gasteiger partial charge is 0.409 e. The molecule has 1 heterocycles. The Balaban J connectivity index is 1.98. The summed E-state index contributed by atoms with van der Waals surface area (Å²) in [6.07, 6.45) is 6.30. The second-order valence-electron chi connectivity index (χ2n) is 10.9. The van der Waals surface area contributed by atoms with Crippen LogP contribution in [0.15, 0.2) is 43.5 Å². The van der Waals surface area contributed by atoms with Crippen LogP contribution in [0.2, 0.25) is 0 Å². The van der Waals surface area contributed by atoms with Gasteiger partial charge in [0.25, 0.3) is 0 Å². The third-order valence-electron chi connectivity index (χ3n) is 6.75. The molecule has 0 aliphatic carbocycles. The van der Waals surface area contributed by atoms with Crippen molar-refractivity contribution >= 4 is 24.0 Å². The minimum Gasteiger partial charge on any atom is -0.453 e. The van der Waals surface area contributed by atoms with Crippen molar-refractivity contribution in [1.82, 2.24) is 10.2 Å². The predicted octanol–water partition coefficient (Wildman–Crippen LogP) is 5.75. The number of ether oxygens (including phenoxy) is 3. The molecule has 8 nitrogen and oxygen atoms in total. The molecule has 0 saturated carbocycles. The summed E-state index contributed by atoms with van der Waals surface area (Å²) >= 11 is 0. The number of rotatable bonds is 13. The summed E-state index contributed by atoms with van der Waals surface area (Å²) < 4.78 is 16.2. The number of nitrogens with zero attached hydrogens (tertiary/aromatic N) is 1. The van der Waals surface area contributed by atoms with E-state index in [1.165, 1.54) is 12.0 Å². The van der Waals surface area contributed by atoms with E-state index in [-0.39, 0.29) is 38.1 Å². The van der Waals surface area contributed by atoms with Crippen LogP contribution in [-0.4, -0.2) is 67.9 Å². The minimum atomic E-state index is -0.781. The number of carbonyl (C=O) groups excluding carboxylic acids is 3. The fraction of sp³-hybridized carbons (Fsp3) is 0.531. The van der Waals surface area contributed by atoms with Crippen molar-refractivity contribution in [2.75, 3.05) is 26.9 Å². The molecule has 8 heteroatoms. The Morgan fingerprint density at radius 3 is 2.60 bits per heavy atom. The first-order valence-electron chi connectivity index (χ1n) is 13.8. The molecule has 1 N–H and O–H groups in total. The van der Waals surface area contributed by atoms with Crippen molar-refractivity contribution in [3.05, 3.63) is 54.6 Å². The highest BCUT2D eigenvalue weighted by molar-refractivity contribution is 5.89. The first-order valence-corrected chi connectivity index (χ1v) is 13.8. The Morgan fingerprint density at radius 2 is 1.93 bits per heavy atom. The molecule has 1 saturated heterocycles. The highest BCUT2D eigenvalue weighted by atomic mass is 16.6. The van der Waals surface area contributed by atoms with Gasteiger partial charge in [0.1, 0.15) is 6.61 Å². The van der Waals surface area contributed by atoms with Gasteiger partial charge in [-0.3, -0.25) is 4.79 Å². The first-order chi connectivity index (χ1) is 19.1. The molecule has 1 aromatic carbocycles. The molecule has 2 rings (SSSR count). The zero-order chi connectivity index (χ0) is 29.5. The zero-order valence-electron chi connectivity index (χ0n) is 24.4. The number of methoxy groups -OCH3 is 1. The normalized spacial score (nSPS) is 17.2. The first kappa shape index (κ1) is 32.6. The van der Waals surface area contributed by atoms with E-state index < -0.39 is 29.7 Å². The van der Waals surface area contributed by atoms with Crippen molar-refractivity contribution in [3.63, 3.8) is 0 Å². The second-order valence-corrected chi connectivity index (χ2v) is 10.9. The van der Waals surface area contributed by atoms with Gasteiger partial charge in [-0.2, -0.15) is 0 Å².